The first-order chi connectivity index (χ1) is 12.9. The van der Waals surface area contributed by atoms with Gasteiger partial charge in [-0.1, -0.05) is 52.2 Å². The Hall–Kier alpha value is -2.11. The largest absolute Gasteiger partial charge is 0.351 e. The Morgan fingerprint density at radius 3 is 2.56 bits per heavy atom. The van der Waals surface area contributed by atoms with Gasteiger partial charge in [0.05, 0.1) is 0 Å². The van der Waals surface area contributed by atoms with Crippen molar-refractivity contribution in [2.75, 3.05) is 0 Å². The first-order valence-corrected chi connectivity index (χ1v) is 9.99. The molecule has 1 saturated carbocycles. The molecule has 150 valence electrons. The molecule has 0 aliphatic heterocycles. The Morgan fingerprint density at radius 1 is 1.19 bits per heavy atom. The normalized spacial score (nSPS) is 23.3. The molecule has 3 N–H and O–H groups in total. The van der Waals surface area contributed by atoms with Crippen LogP contribution in [0.25, 0.3) is 0 Å². The quantitative estimate of drug-likeness (QED) is 0.677. The molecule has 1 aliphatic rings. The zero-order chi connectivity index (χ0) is 19.8. The molecule has 1 aromatic carbocycles. The minimum Gasteiger partial charge on any atom is -0.351 e. The summed E-state index contributed by atoms with van der Waals surface area (Å²) in [5.41, 5.74) is 0.799. The molecule has 0 aromatic heterocycles. The number of hydrogen-bond donors (Lipinski definition) is 3. The molecule has 2 rings (SSSR count). The predicted octanol–water partition coefficient (Wildman–Crippen LogP) is 3.73. The second-order valence-electron chi connectivity index (χ2n) is 7.68. The van der Waals surface area contributed by atoms with Crippen LogP contribution in [0.1, 0.15) is 58.4 Å². The van der Waals surface area contributed by atoms with Crippen LogP contribution in [0, 0.1) is 17.7 Å². The van der Waals surface area contributed by atoms with E-state index in [0.29, 0.717) is 18.3 Å². The maximum absolute atomic E-state index is 12.9. The highest BCUT2D eigenvalue weighted by atomic mass is 19.1. The zero-order valence-electron chi connectivity index (χ0n) is 16.6. The summed E-state index contributed by atoms with van der Waals surface area (Å²) in [4.78, 5) is 24.9. The van der Waals surface area contributed by atoms with Crippen LogP contribution in [0.5, 0.6) is 0 Å². The van der Waals surface area contributed by atoms with Crippen molar-refractivity contribution < 1.29 is 14.0 Å². The van der Waals surface area contributed by atoms with E-state index >= 15 is 0 Å². The van der Waals surface area contributed by atoms with Gasteiger partial charge in [-0.3, -0.25) is 4.79 Å². The van der Waals surface area contributed by atoms with Crippen molar-refractivity contribution in [1.82, 2.24) is 16.0 Å². The molecule has 6 heteroatoms. The molecule has 5 nitrogen and oxygen atoms in total. The Morgan fingerprint density at radius 2 is 1.89 bits per heavy atom. The second kappa shape index (κ2) is 10.3. The van der Waals surface area contributed by atoms with Gasteiger partial charge in [-0.2, -0.15) is 0 Å². The minimum absolute atomic E-state index is 0.111. The minimum atomic E-state index is -0.548. The topological polar surface area (TPSA) is 70.2 Å². The molecule has 0 spiro atoms. The van der Waals surface area contributed by atoms with E-state index < -0.39 is 12.1 Å². The Balaban J connectivity index is 1.86. The highest BCUT2D eigenvalue weighted by Gasteiger charge is 2.30. The number of nitrogens with one attached hydrogen (secondary N) is 3. The summed E-state index contributed by atoms with van der Waals surface area (Å²) >= 11 is 0. The number of hydrogen-bond acceptors (Lipinski definition) is 2. The number of carbonyl (C=O) groups is 2. The van der Waals surface area contributed by atoms with Gasteiger partial charge in [-0.25, -0.2) is 9.18 Å². The standard InChI is InChI=1S/C21H32FN3O2/c1-4-6-19(20(26)24-18-8-5-7-14(2)15(18)3)25-21(27)23-13-16-9-11-17(22)12-10-16/h9-12,14-15,18-19H,4-8,13H2,1-3H3,(H,24,26)(H2,23,25,27). The SMILES string of the molecule is CCCC(NC(=O)NCc1ccc(F)cc1)C(=O)NC1CCCC(C)C1C. The summed E-state index contributed by atoms with van der Waals surface area (Å²) in [6.45, 7) is 6.69. The van der Waals surface area contributed by atoms with E-state index in [4.69, 9.17) is 0 Å². The molecule has 1 fully saturated rings. The van der Waals surface area contributed by atoms with Gasteiger partial charge in [0, 0.05) is 12.6 Å². The van der Waals surface area contributed by atoms with Crippen LogP contribution >= 0.6 is 0 Å². The lowest BCUT2D eigenvalue weighted by molar-refractivity contribution is -0.124. The van der Waals surface area contributed by atoms with Crippen LogP contribution in [0.15, 0.2) is 24.3 Å². The van der Waals surface area contributed by atoms with E-state index in [2.05, 4.69) is 29.8 Å². The Kier molecular flexibility index (Phi) is 8.07. The zero-order valence-corrected chi connectivity index (χ0v) is 16.6. The van der Waals surface area contributed by atoms with E-state index in [0.717, 1.165) is 24.8 Å². The molecule has 1 aliphatic carbocycles. The van der Waals surface area contributed by atoms with Gasteiger partial charge in [-0.15, -0.1) is 0 Å². The van der Waals surface area contributed by atoms with E-state index in [1.807, 2.05) is 6.92 Å². The van der Waals surface area contributed by atoms with Crippen LogP contribution in [0.3, 0.4) is 0 Å². The maximum Gasteiger partial charge on any atom is 0.315 e. The van der Waals surface area contributed by atoms with Gasteiger partial charge in [-0.05, 0) is 42.4 Å². The molecule has 4 atom stereocenters. The third-order valence-corrected chi connectivity index (χ3v) is 5.60. The third kappa shape index (κ3) is 6.52. The van der Waals surface area contributed by atoms with Gasteiger partial charge >= 0.3 is 6.03 Å². The van der Waals surface area contributed by atoms with E-state index in [-0.39, 0.29) is 24.3 Å². The highest BCUT2D eigenvalue weighted by molar-refractivity contribution is 5.87. The average Bonchev–Trinajstić information content (AvgIpc) is 2.64. The summed E-state index contributed by atoms with van der Waals surface area (Å²) in [5.74, 6) is 0.617. The first kappa shape index (κ1) is 21.2. The number of carbonyl (C=O) groups excluding carboxylic acids is 2. The molecule has 1 aromatic rings. The van der Waals surface area contributed by atoms with Crippen molar-refractivity contribution in [3.05, 3.63) is 35.6 Å². The molecule has 3 amide bonds. The van der Waals surface area contributed by atoms with Crippen LogP contribution in [-0.4, -0.2) is 24.0 Å². The van der Waals surface area contributed by atoms with E-state index in [1.165, 1.54) is 18.6 Å². The van der Waals surface area contributed by atoms with Crippen molar-refractivity contribution in [3.63, 3.8) is 0 Å². The van der Waals surface area contributed by atoms with Crippen molar-refractivity contribution in [1.29, 1.82) is 0 Å². The van der Waals surface area contributed by atoms with Crippen LogP contribution in [-0.2, 0) is 11.3 Å². The fraction of sp³-hybridized carbons (Fsp3) is 0.619. The number of rotatable bonds is 7. The molecule has 0 radical (unpaired) electrons. The summed E-state index contributed by atoms with van der Waals surface area (Å²) < 4.78 is 12.9. The van der Waals surface area contributed by atoms with Crippen molar-refractivity contribution in [2.45, 2.75) is 71.5 Å². The second-order valence-corrected chi connectivity index (χ2v) is 7.68. The van der Waals surface area contributed by atoms with Gasteiger partial charge in [0.1, 0.15) is 11.9 Å². The average molecular weight is 378 g/mol. The van der Waals surface area contributed by atoms with Crippen LogP contribution in [0.2, 0.25) is 0 Å². The van der Waals surface area contributed by atoms with Crippen molar-refractivity contribution in [2.24, 2.45) is 11.8 Å². The molecular weight excluding hydrogens is 345 g/mol. The van der Waals surface area contributed by atoms with Crippen molar-refractivity contribution >= 4 is 11.9 Å². The Bertz CT molecular complexity index is 620. The van der Waals surface area contributed by atoms with Crippen molar-refractivity contribution in [3.8, 4) is 0 Å². The van der Waals surface area contributed by atoms with E-state index in [1.54, 1.807) is 12.1 Å². The highest BCUT2D eigenvalue weighted by Crippen LogP contribution is 2.29. The van der Waals surface area contributed by atoms with E-state index in [9.17, 15) is 14.0 Å². The van der Waals surface area contributed by atoms with Crippen LogP contribution < -0.4 is 16.0 Å². The summed E-state index contributed by atoms with van der Waals surface area (Å²) in [6, 6.07) is 5.19. The Labute approximate surface area is 161 Å². The third-order valence-electron chi connectivity index (χ3n) is 5.60. The van der Waals surface area contributed by atoms with Gasteiger partial charge < -0.3 is 16.0 Å². The maximum atomic E-state index is 12.9. The molecule has 0 heterocycles. The fourth-order valence-corrected chi connectivity index (χ4v) is 3.62. The molecule has 0 bridgehead atoms. The number of halogens is 1. The number of urea groups is 1. The van der Waals surface area contributed by atoms with Gasteiger partial charge in [0.15, 0.2) is 0 Å². The number of amides is 3. The summed E-state index contributed by atoms with van der Waals surface area (Å²) in [7, 11) is 0. The molecule has 27 heavy (non-hydrogen) atoms. The van der Waals surface area contributed by atoms with Crippen LogP contribution in [0.4, 0.5) is 9.18 Å². The van der Waals surface area contributed by atoms with Gasteiger partial charge in [0.25, 0.3) is 0 Å². The predicted molar refractivity (Wildman–Crippen MR) is 105 cm³/mol. The van der Waals surface area contributed by atoms with Gasteiger partial charge in [0.2, 0.25) is 5.91 Å². The smallest absolute Gasteiger partial charge is 0.315 e. The fourth-order valence-electron chi connectivity index (χ4n) is 3.62. The summed E-state index contributed by atoms with van der Waals surface area (Å²) in [5, 5.41) is 8.65. The lowest BCUT2D eigenvalue weighted by Crippen LogP contribution is -2.54. The lowest BCUT2D eigenvalue weighted by Gasteiger charge is -2.35. The molecule has 0 saturated heterocycles. The molecular formula is C21H32FN3O2. The lowest BCUT2D eigenvalue weighted by atomic mass is 9.78. The number of benzene rings is 1. The monoisotopic (exact) mass is 377 g/mol. The summed E-state index contributed by atoms with van der Waals surface area (Å²) in [6.07, 6.45) is 4.71. The first-order valence-electron chi connectivity index (χ1n) is 9.99. The molecule has 4 unspecified atom stereocenters.